The first-order valence-corrected chi connectivity index (χ1v) is 12.0. The molecule has 8 nitrogen and oxygen atoms in total. The molecule has 1 N–H and O–H groups in total. The van der Waals surface area contributed by atoms with Gasteiger partial charge in [0.25, 0.3) is 0 Å². The summed E-state index contributed by atoms with van der Waals surface area (Å²) < 4.78 is 7.01. The molecule has 0 spiro atoms. The van der Waals surface area contributed by atoms with Gasteiger partial charge in [0, 0.05) is 53.8 Å². The maximum atomic E-state index is 5.11. The van der Waals surface area contributed by atoms with E-state index in [0.717, 1.165) is 56.9 Å². The van der Waals surface area contributed by atoms with Crippen LogP contribution in [0.25, 0.3) is 38.9 Å². The molecule has 0 radical (unpaired) electrons. The zero-order valence-electron chi connectivity index (χ0n) is 20.6. The van der Waals surface area contributed by atoms with Crippen molar-refractivity contribution >= 4 is 16.6 Å². The molecule has 0 aliphatic rings. The Kier molecular flexibility index (Phi) is 6.00. The molecule has 2 aromatic carbocycles. The van der Waals surface area contributed by atoms with Crippen LogP contribution in [0.2, 0.25) is 0 Å². The summed E-state index contributed by atoms with van der Waals surface area (Å²) in [6.45, 7) is 3.35. The van der Waals surface area contributed by atoms with E-state index in [1.165, 1.54) is 5.56 Å². The molecule has 0 aliphatic heterocycles. The van der Waals surface area contributed by atoms with Gasteiger partial charge in [0.2, 0.25) is 0 Å². The third-order valence-corrected chi connectivity index (χ3v) is 6.38. The van der Waals surface area contributed by atoms with Crippen molar-refractivity contribution in [3.8, 4) is 28.4 Å². The van der Waals surface area contributed by atoms with Gasteiger partial charge >= 0.3 is 6.01 Å². The lowest BCUT2D eigenvalue weighted by Gasteiger charge is -2.13. The molecule has 6 rings (SSSR count). The Bertz CT molecular complexity index is 1680. The molecule has 0 unspecified atom stereocenters. The van der Waals surface area contributed by atoms with Gasteiger partial charge in [-0.05, 0) is 30.2 Å². The number of aryl methyl sites for hydroxylation is 1. The lowest BCUT2D eigenvalue weighted by molar-refractivity contribution is 0.379. The average molecular weight is 488 g/mol. The molecule has 4 aromatic heterocycles. The van der Waals surface area contributed by atoms with Crippen LogP contribution in [0.4, 0.5) is 0 Å². The lowest BCUT2D eigenvalue weighted by atomic mass is 9.97. The standard InChI is InChI=1S/C29H25N7O/c1-19-34-35-28-25-14-24(22-6-4-3-5-7-22)27(33-26(25)12-13-36(19)28)23-10-8-20(9-11-23)15-30-16-21-17-31-29(37-2)32-18-21/h3-14,17-18,30H,15-16H2,1-2H3. The van der Waals surface area contributed by atoms with E-state index in [-0.39, 0.29) is 0 Å². The van der Waals surface area contributed by atoms with Crippen LogP contribution in [0.1, 0.15) is 17.0 Å². The first-order valence-electron chi connectivity index (χ1n) is 12.0. The van der Waals surface area contributed by atoms with Crippen molar-refractivity contribution in [3.05, 3.63) is 102 Å². The van der Waals surface area contributed by atoms with Gasteiger partial charge in [-0.1, -0.05) is 54.6 Å². The predicted octanol–water partition coefficient (Wildman–Crippen LogP) is 5.01. The number of hydrogen-bond donors (Lipinski definition) is 1. The van der Waals surface area contributed by atoms with Crippen molar-refractivity contribution in [2.75, 3.05) is 7.11 Å². The van der Waals surface area contributed by atoms with Gasteiger partial charge in [-0.3, -0.25) is 4.40 Å². The summed E-state index contributed by atoms with van der Waals surface area (Å²) >= 11 is 0. The Labute approximate surface area is 214 Å². The number of nitrogens with zero attached hydrogens (tertiary/aromatic N) is 6. The Morgan fingerprint density at radius 1 is 0.838 bits per heavy atom. The van der Waals surface area contributed by atoms with Gasteiger partial charge in [-0.15, -0.1) is 10.2 Å². The number of rotatable bonds is 7. The van der Waals surface area contributed by atoms with Crippen LogP contribution in [0.3, 0.4) is 0 Å². The summed E-state index contributed by atoms with van der Waals surface area (Å²) in [5.74, 6) is 0.853. The highest BCUT2D eigenvalue weighted by Crippen LogP contribution is 2.34. The molecule has 8 heteroatoms. The number of methoxy groups -OCH3 is 1. The molecular weight excluding hydrogens is 462 g/mol. The molecule has 0 bridgehead atoms. The second-order valence-electron chi connectivity index (χ2n) is 8.82. The average Bonchev–Trinajstić information content (AvgIpc) is 3.34. The summed E-state index contributed by atoms with van der Waals surface area (Å²) in [7, 11) is 1.56. The van der Waals surface area contributed by atoms with Gasteiger partial charge < -0.3 is 10.1 Å². The second-order valence-corrected chi connectivity index (χ2v) is 8.82. The van der Waals surface area contributed by atoms with Gasteiger partial charge in [-0.25, -0.2) is 15.0 Å². The normalized spacial score (nSPS) is 11.3. The van der Waals surface area contributed by atoms with E-state index in [9.17, 15) is 0 Å². The number of nitrogens with one attached hydrogen (secondary N) is 1. The van der Waals surface area contributed by atoms with Gasteiger partial charge in [-0.2, -0.15) is 0 Å². The first kappa shape index (κ1) is 22.8. The van der Waals surface area contributed by atoms with E-state index in [0.29, 0.717) is 12.6 Å². The molecule has 0 saturated heterocycles. The van der Waals surface area contributed by atoms with Crippen molar-refractivity contribution < 1.29 is 4.74 Å². The minimum Gasteiger partial charge on any atom is -0.467 e. The molecule has 0 amide bonds. The molecule has 0 fully saturated rings. The third kappa shape index (κ3) is 4.50. The zero-order chi connectivity index (χ0) is 25.2. The molecule has 37 heavy (non-hydrogen) atoms. The number of hydrogen-bond acceptors (Lipinski definition) is 7. The van der Waals surface area contributed by atoms with Crippen LogP contribution in [-0.4, -0.2) is 36.7 Å². The maximum Gasteiger partial charge on any atom is 0.316 e. The number of fused-ring (bicyclic) bond motifs is 3. The Morgan fingerprint density at radius 2 is 1.59 bits per heavy atom. The third-order valence-electron chi connectivity index (χ3n) is 6.38. The fraction of sp³-hybridized carbons (Fsp3) is 0.138. The highest BCUT2D eigenvalue weighted by atomic mass is 16.5. The van der Waals surface area contributed by atoms with E-state index in [4.69, 9.17) is 9.72 Å². The summed E-state index contributed by atoms with van der Waals surface area (Å²) in [4.78, 5) is 13.4. The maximum absolute atomic E-state index is 5.11. The second kappa shape index (κ2) is 9.75. The quantitative estimate of drug-likeness (QED) is 0.339. The highest BCUT2D eigenvalue weighted by molar-refractivity contribution is 5.98. The van der Waals surface area contributed by atoms with Crippen molar-refractivity contribution in [2.45, 2.75) is 20.0 Å². The summed E-state index contributed by atoms with van der Waals surface area (Å²) in [6, 6.07) is 23.5. The first-order chi connectivity index (χ1) is 18.2. The van der Waals surface area contributed by atoms with Crippen LogP contribution in [0, 0.1) is 6.92 Å². The van der Waals surface area contributed by atoms with Gasteiger partial charge in [0.15, 0.2) is 5.65 Å². The topological polar surface area (TPSA) is 90.1 Å². The highest BCUT2D eigenvalue weighted by Gasteiger charge is 2.15. The minimum absolute atomic E-state index is 0.373. The minimum atomic E-state index is 0.373. The van der Waals surface area contributed by atoms with Crippen molar-refractivity contribution in [1.82, 2.24) is 34.9 Å². The van der Waals surface area contributed by atoms with Gasteiger partial charge in [0.1, 0.15) is 5.82 Å². The van der Waals surface area contributed by atoms with E-state index < -0.39 is 0 Å². The number of aromatic nitrogens is 6. The summed E-state index contributed by atoms with van der Waals surface area (Å²) in [5, 5.41) is 13.1. The van der Waals surface area contributed by atoms with Crippen molar-refractivity contribution in [1.29, 1.82) is 0 Å². The van der Waals surface area contributed by atoms with Gasteiger partial charge in [0.05, 0.1) is 18.3 Å². The monoisotopic (exact) mass is 487 g/mol. The molecule has 4 heterocycles. The molecule has 6 aromatic rings. The van der Waals surface area contributed by atoms with Crippen LogP contribution < -0.4 is 10.1 Å². The summed E-state index contributed by atoms with van der Waals surface area (Å²) in [5.41, 5.74) is 8.06. The number of pyridine rings is 2. The Hall–Kier alpha value is -4.69. The van der Waals surface area contributed by atoms with E-state index in [1.54, 1.807) is 19.5 Å². The molecule has 0 atom stereocenters. The Balaban J connectivity index is 1.31. The van der Waals surface area contributed by atoms with Crippen LogP contribution >= 0.6 is 0 Å². The Morgan fingerprint density at radius 3 is 2.35 bits per heavy atom. The molecule has 0 aliphatic carbocycles. The van der Waals surface area contributed by atoms with Crippen molar-refractivity contribution in [2.24, 2.45) is 0 Å². The smallest absolute Gasteiger partial charge is 0.316 e. The molecule has 0 saturated carbocycles. The zero-order valence-corrected chi connectivity index (χ0v) is 20.6. The lowest BCUT2D eigenvalue weighted by Crippen LogP contribution is -2.13. The molecule has 182 valence electrons. The largest absolute Gasteiger partial charge is 0.467 e. The number of ether oxygens (including phenoxy) is 1. The summed E-state index contributed by atoms with van der Waals surface area (Å²) in [6.07, 6.45) is 5.52. The van der Waals surface area contributed by atoms with Crippen LogP contribution in [-0.2, 0) is 13.1 Å². The van der Waals surface area contributed by atoms with Crippen LogP contribution in [0.15, 0.2) is 85.3 Å². The van der Waals surface area contributed by atoms with E-state index in [2.05, 4.69) is 67.9 Å². The van der Waals surface area contributed by atoms with Crippen LogP contribution in [0.5, 0.6) is 6.01 Å². The SMILES string of the molecule is COc1ncc(CNCc2ccc(-c3nc4ccn5c(C)nnc5c4cc3-c3ccccc3)cc2)cn1. The van der Waals surface area contributed by atoms with Crippen molar-refractivity contribution in [3.63, 3.8) is 0 Å². The number of benzene rings is 2. The predicted molar refractivity (Wildman–Crippen MR) is 143 cm³/mol. The fourth-order valence-electron chi connectivity index (χ4n) is 4.44. The fourth-order valence-corrected chi connectivity index (χ4v) is 4.44. The van der Waals surface area contributed by atoms with E-state index in [1.807, 2.05) is 41.8 Å². The molecular formula is C29H25N7O. The van der Waals surface area contributed by atoms with E-state index >= 15 is 0 Å².